The number of hydrogen-bond donors (Lipinski definition) is 4. The predicted molar refractivity (Wildman–Crippen MR) is 100 cm³/mol. The van der Waals surface area contributed by atoms with E-state index in [4.69, 9.17) is 16.9 Å². The van der Waals surface area contributed by atoms with Gasteiger partial charge in [0.25, 0.3) is 0 Å². The predicted octanol–water partition coefficient (Wildman–Crippen LogP) is 1.66. The molecule has 25 heavy (non-hydrogen) atoms. The molecule has 130 valence electrons. The molecule has 1 heterocycles. The number of amides is 1. The Morgan fingerprint density at radius 2 is 1.96 bits per heavy atom. The highest BCUT2D eigenvalue weighted by molar-refractivity contribution is 6.11. The van der Waals surface area contributed by atoms with Gasteiger partial charge < -0.3 is 22.2 Å². The number of nitrogens with two attached hydrogens (primary N) is 2. The smallest absolute Gasteiger partial charge is 0.244 e. The van der Waals surface area contributed by atoms with Crippen LogP contribution in [0.25, 0.3) is 0 Å². The first-order valence-corrected chi connectivity index (χ1v) is 8.12. The van der Waals surface area contributed by atoms with Gasteiger partial charge >= 0.3 is 0 Å². The first-order valence-electron chi connectivity index (χ1n) is 8.12. The van der Waals surface area contributed by atoms with Crippen LogP contribution >= 0.6 is 0 Å². The summed E-state index contributed by atoms with van der Waals surface area (Å²) >= 11 is 0. The lowest BCUT2D eigenvalue weighted by molar-refractivity contribution is -0.117. The van der Waals surface area contributed by atoms with Crippen LogP contribution in [0.15, 0.2) is 60.8 Å². The lowest BCUT2D eigenvalue weighted by Gasteiger charge is -2.17. The van der Waals surface area contributed by atoms with Crippen molar-refractivity contribution in [2.75, 3.05) is 12.3 Å². The molecule has 1 atom stereocenters. The van der Waals surface area contributed by atoms with Gasteiger partial charge in [0, 0.05) is 23.9 Å². The van der Waals surface area contributed by atoms with Gasteiger partial charge in [0.15, 0.2) is 0 Å². The van der Waals surface area contributed by atoms with Gasteiger partial charge in [0.05, 0.1) is 5.71 Å². The van der Waals surface area contributed by atoms with Gasteiger partial charge in [-0.05, 0) is 43.2 Å². The molecule has 0 bridgehead atoms. The van der Waals surface area contributed by atoms with E-state index in [0.717, 1.165) is 5.56 Å². The van der Waals surface area contributed by atoms with E-state index in [1.165, 1.54) is 12.2 Å². The molecule has 6 nitrogen and oxygen atoms in total. The summed E-state index contributed by atoms with van der Waals surface area (Å²) in [5.74, 6) is 0.00392. The van der Waals surface area contributed by atoms with Gasteiger partial charge in [-0.3, -0.25) is 4.79 Å². The fourth-order valence-corrected chi connectivity index (χ4v) is 2.47. The molecule has 0 aliphatic carbocycles. The molecule has 0 radical (unpaired) electrons. The number of allylic oxidation sites excluding steroid dienone is 1. The van der Waals surface area contributed by atoms with Crippen LogP contribution in [0.2, 0.25) is 0 Å². The van der Waals surface area contributed by atoms with Crippen LogP contribution in [0, 0.1) is 5.41 Å². The number of carbonyl (C=O) groups is 1. The van der Waals surface area contributed by atoms with Crippen molar-refractivity contribution in [2.24, 2.45) is 5.73 Å². The summed E-state index contributed by atoms with van der Waals surface area (Å²) in [7, 11) is 0. The van der Waals surface area contributed by atoms with E-state index in [1.807, 2.05) is 30.3 Å². The maximum Gasteiger partial charge on any atom is 0.244 e. The van der Waals surface area contributed by atoms with Crippen molar-refractivity contribution in [3.8, 4) is 0 Å². The molecule has 0 saturated carbocycles. The molecule has 1 aromatic heterocycles. The first-order chi connectivity index (χ1) is 12.1. The van der Waals surface area contributed by atoms with Gasteiger partial charge in [0.1, 0.15) is 5.82 Å². The second kappa shape index (κ2) is 9.34. The highest BCUT2D eigenvalue weighted by atomic mass is 16.1. The van der Waals surface area contributed by atoms with Crippen LogP contribution in [0.4, 0.5) is 5.82 Å². The van der Waals surface area contributed by atoms with Gasteiger partial charge in [-0.2, -0.15) is 0 Å². The lowest BCUT2D eigenvalue weighted by atomic mass is 10.0. The summed E-state index contributed by atoms with van der Waals surface area (Å²) in [6.07, 6.45) is 5.71. The Hall–Kier alpha value is -2.99. The molecule has 0 saturated heterocycles. The fourth-order valence-electron chi connectivity index (χ4n) is 2.47. The number of anilines is 1. The Labute approximate surface area is 147 Å². The minimum Gasteiger partial charge on any atom is -0.383 e. The second-order valence-electron chi connectivity index (χ2n) is 5.66. The molecule has 0 aliphatic rings. The average molecular weight is 337 g/mol. The van der Waals surface area contributed by atoms with Crippen LogP contribution < -0.4 is 16.8 Å². The zero-order valence-corrected chi connectivity index (χ0v) is 14.0. The van der Waals surface area contributed by atoms with Crippen molar-refractivity contribution in [1.82, 2.24) is 10.3 Å². The van der Waals surface area contributed by atoms with E-state index in [2.05, 4.69) is 10.3 Å². The van der Waals surface area contributed by atoms with E-state index < -0.39 is 0 Å². The van der Waals surface area contributed by atoms with Crippen LogP contribution in [0.5, 0.6) is 0 Å². The number of rotatable bonds is 8. The molecule has 0 fully saturated rings. The molecule has 2 aromatic rings. The number of nitrogen functional groups attached to an aromatic ring is 1. The summed E-state index contributed by atoms with van der Waals surface area (Å²) in [4.78, 5) is 16.1. The Morgan fingerprint density at radius 1 is 1.20 bits per heavy atom. The molecular formula is C19H23N5O. The first kappa shape index (κ1) is 18.4. The van der Waals surface area contributed by atoms with Gasteiger partial charge in [0.2, 0.25) is 5.91 Å². The van der Waals surface area contributed by atoms with Crippen LogP contribution in [-0.2, 0) is 11.2 Å². The SMILES string of the molecule is N=C(/C=C/C(=O)N[C@H](CCN)Cc1ccccc1)c1cccnc1N. The van der Waals surface area contributed by atoms with E-state index >= 15 is 0 Å². The largest absolute Gasteiger partial charge is 0.383 e. The molecule has 0 aliphatic heterocycles. The molecule has 6 heteroatoms. The monoisotopic (exact) mass is 337 g/mol. The third kappa shape index (κ3) is 5.86. The molecular weight excluding hydrogens is 314 g/mol. The van der Waals surface area contributed by atoms with Gasteiger partial charge in [-0.1, -0.05) is 30.3 Å². The number of pyridine rings is 1. The number of carbonyl (C=O) groups excluding carboxylic acids is 1. The summed E-state index contributed by atoms with van der Waals surface area (Å²) in [6.45, 7) is 0.490. The molecule has 0 spiro atoms. The summed E-state index contributed by atoms with van der Waals surface area (Å²) in [5, 5.41) is 10.9. The minimum absolute atomic E-state index is 0.0535. The van der Waals surface area contributed by atoms with Crippen LogP contribution in [0.3, 0.4) is 0 Å². The van der Waals surface area contributed by atoms with Crippen molar-refractivity contribution >= 4 is 17.4 Å². The zero-order chi connectivity index (χ0) is 18.1. The van der Waals surface area contributed by atoms with Gasteiger partial charge in [-0.25, -0.2) is 4.98 Å². The van der Waals surface area contributed by atoms with Crippen LogP contribution in [-0.4, -0.2) is 29.2 Å². The molecule has 0 unspecified atom stereocenters. The van der Waals surface area contributed by atoms with Crippen molar-refractivity contribution in [3.05, 3.63) is 71.9 Å². The quantitative estimate of drug-likeness (QED) is 0.433. The zero-order valence-electron chi connectivity index (χ0n) is 14.0. The molecule has 6 N–H and O–H groups in total. The number of benzene rings is 1. The van der Waals surface area contributed by atoms with E-state index in [-0.39, 0.29) is 23.5 Å². The average Bonchev–Trinajstić information content (AvgIpc) is 2.61. The molecule has 1 aromatic carbocycles. The van der Waals surface area contributed by atoms with E-state index in [9.17, 15) is 4.79 Å². The second-order valence-corrected chi connectivity index (χ2v) is 5.66. The summed E-state index contributed by atoms with van der Waals surface area (Å²) in [6, 6.07) is 13.3. The Kier molecular flexibility index (Phi) is 6.86. The van der Waals surface area contributed by atoms with E-state index in [1.54, 1.807) is 18.3 Å². The third-order valence-electron chi connectivity index (χ3n) is 3.72. The lowest BCUT2D eigenvalue weighted by Crippen LogP contribution is -2.37. The number of hydrogen-bond acceptors (Lipinski definition) is 5. The fraction of sp³-hybridized carbons (Fsp3) is 0.211. The van der Waals surface area contributed by atoms with E-state index in [0.29, 0.717) is 24.9 Å². The van der Waals surface area contributed by atoms with Crippen molar-refractivity contribution in [1.29, 1.82) is 5.41 Å². The maximum absolute atomic E-state index is 12.2. The highest BCUT2D eigenvalue weighted by Gasteiger charge is 2.11. The van der Waals surface area contributed by atoms with Crippen molar-refractivity contribution < 1.29 is 4.79 Å². The topological polar surface area (TPSA) is 118 Å². The number of aromatic nitrogens is 1. The number of nitrogens with zero attached hydrogens (tertiary/aromatic N) is 1. The standard InChI is InChI=1S/C19H23N5O/c20-11-10-15(13-14-5-2-1-3-6-14)24-18(25)9-8-17(21)16-7-4-12-23-19(16)22/h1-9,12,15,21H,10-11,13,20H2,(H2,22,23)(H,24,25)/b9-8+,21-17?/t15-/m1/s1. The maximum atomic E-state index is 12.2. The van der Waals surface area contributed by atoms with Crippen molar-refractivity contribution in [2.45, 2.75) is 18.9 Å². The van der Waals surface area contributed by atoms with Crippen LogP contribution in [0.1, 0.15) is 17.5 Å². The molecule has 1 amide bonds. The highest BCUT2D eigenvalue weighted by Crippen LogP contribution is 2.09. The Morgan fingerprint density at radius 3 is 2.64 bits per heavy atom. The Balaban J connectivity index is 1.96. The normalized spacial score (nSPS) is 12.0. The Bertz CT molecular complexity index is 742. The molecule has 2 rings (SSSR count). The van der Waals surface area contributed by atoms with Gasteiger partial charge in [-0.15, -0.1) is 0 Å². The minimum atomic E-state index is -0.262. The third-order valence-corrected chi connectivity index (χ3v) is 3.72. The summed E-state index contributed by atoms with van der Waals surface area (Å²) in [5.41, 5.74) is 13.2. The van der Waals surface area contributed by atoms with Crippen molar-refractivity contribution in [3.63, 3.8) is 0 Å². The summed E-state index contributed by atoms with van der Waals surface area (Å²) < 4.78 is 0. The number of nitrogens with one attached hydrogen (secondary N) is 2.